The average Bonchev–Trinajstić information content (AvgIpc) is 2.74. The first-order valence-electron chi connectivity index (χ1n) is 8.93. The molecular weight excluding hydrogens is 386 g/mol. The predicted octanol–water partition coefficient (Wildman–Crippen LogP) is 4.12. The van der Waals surface area contributed by atoms with Crippen molar-refractivity contribution in [3.63, 3.8) is 0 Å². The van der Waals surface area contributed by atoms with Gasteiger partial charge in [-0.05, 0) is 48.0 Å². The number of carbonyl (C=O) groups is 2. The van der Waals surface area contributed by atoms with Gasteiger partial charge in [0.2, 0.25) is 0 Å². The first-order chi connectivity index (χ1) is 14.4. The monoisotopic (exact) mass is 401 g/mol. The number of carbonyl (C=O) groups excluding carboxylic acids is 1. The molecule has 0 aliphatic carbocycles. The molecule has 30 heavy (non-hydrogen) atoms. The molecule has 0 radical (unpaired) electrons. The van der Waals surface area contributed by atoms with Crippen LogP contribution in [-0.2, 0) is 0 Å². The first kappa shape index (κ1) is 18.9. The van der Waals surface area contributed by atoms with E-state index < -0.39 is 23.3 Å². The van der Waals surface area contributed by atoms with Crippen LogP contribution in [0, 0.1) is 0 Å². The Bertz CT molecular complexity index is 1360. The summed E-state index contributed by atoms with van der Waals surface area (Å²) >= 11 is 0. The lowest BCUT2D eigenvalue weighted by Gasteiger charge is -2.09. The lowest BCUT2D eigenvalue weighted by molar-refractivity contribution is 0.0693. The van der Waals surface area contributed by atoms with E-state index in [0.717, 1.165) is 11.5 Å². The SMILES string of the molecule is O=C(Nc1ccc(O)c(C(=O)O)c1)c1cccc(-c2cc3ccccc3oc2=O)c1. The van der Waals surface area contributed by atoms with Crippen LogP contribution in [0.2, 0.25) is 0 Å². The summed E-state index contributed by atoms with van der Waals surface area (Å²) in [6.07, 6.45) is 0. The van der Waals surface area contributed by atoms with Gasteiger partial charge in [0.25, 0.3) is 5.91 Å². The fourth-order valence-electron chi connectivity index (χ4n) is 3.08. The van der Waals surface area contributed by atoms with Gasteiger partial charge >= 0.3 is 11.6 Å². The van der Waals surface area contributed by atoms with Crippen LogP contribution in [-0.4, -0.2) is 22.1 Å². The minimum absolute atomic E-state index is 0.214. The summed E-state index contributed by atoms with van der Waals surface area (Å²) in [5, 5.41) is 22.0. The summed E-state index contributed by atoms with van der Waals surface area (Å²) in [5.41, 5.74) is 0.948. The number of phenols is 1. The molecule has 7 heteroatoms. The second-order valence-electron chi connectivity index (χ2n) is 6.56. The number of aromatic carboxylic acids is 1. The third-order valence-electron chi connectivity index (χ3n) is 4.56. The molecule has 148 valence electrons. The van der Waals surface area contributed by atoms with Crippen molar-refractivity contribution in [2.75, 3.05) is 5.32 Å². The summed E-state index contributed by atoms with van der Waals surface area (Å²) in [6, 6.07) is 19.0. The highest BCUT2D eigenvalue weighted by Crippen LogP contribution is 2.24. The Morgan fingerprint density at radius 1 is 0.900 bits per heavy atom. The number of nitrogens with one attached hydrogen (secondary N) is 1. The molecule has 1 amide bonds. The number of aromatic hydroxyl groups is 1. The highest BCUT2D eigenvalue weighted by Gasteiger charge is 2.14. The molecule has 7 nitrogen and oxygen atoms in total. The van der Waals surface area contributed by atoms with Gasteiger partial charge < -0.3 is 19.9 Å². The van der Waals surface area contributed by atoms with Crippen molar-refractivity contribution in [2.24, 2.45) is 0 Å². The fraction of sp³-hybridized carbons (Fsp3) is 0. The topological polar surface area (TPSA) is 117 Å². The van der Waals surface area contributed by atoms with Gasteiger partial charge in [0, 0.05) is 16.6 Å². The van der Waals surface area contributed by atoms with Gasteiger partial charge in [-0.1, -0.05) is 30.3 Å². The van der Waals surface area contributed by atoms with E-state index in [-0.39, 0.29) is 16.8 Å². The molecule has 1 aromatic heterocycles. The van der Waals surface area contributed by atoms with Crippen molar-refractivity contribution in [3.8, 4) is 16.9 Å². The Labute approximate surface area is 169 Å². The zero-order valence-corrected chi connectivity index (χ0v) is 15.5. The van der Waals surface area contributed by atoms with Gasteiger partial charge in [-0.25, -0.2) is 9.59 Å². The van der Waals surface area contributed by atoms with Crippen LogP contribution < -0.4 is 10.9 Å². The maximum atomic E-state index is 12.6. The van der Waals surface area contributed by atoms with E-state index in [9.17, 15) is 19.5 Å². The van der Waals surface area contributed by atoms with E-state index >= 15 is 0 Å². The van der Waals surface area contributed by atoms with Gasteiger partial charge in [0.1, 0.15) is 16.9 Å². The third-order valence-corrected chi connectivity index (χ3v) is 4.56. The van der Waals surface area contributed by atoms with E-state index in [1.807, 2.05) is 12.1 Å². The number of fused-ring (bicyclic) bond motifs is 1. The summed E-state index contributed by atoms with van der Waals surface area (Å²) in [4.78, 5) is 36.2. The Balaban J connectivity index is 1.66. The van der Waals surface area contributed by atoms with Crippen molar-refractivity contribution < 1.29 is 24.2 Å². The number of hydrogen-bond acceptors (Lipinski definition) is 5. The number of hydrogen-bond donors (Lipinski definition) is 3. The van der Waals surface area contributed by atoms with Crippen molar-refractivity contribution >= 4 is 28.5 Å². The van der Waals surface area contributed by atoms with E-state index in [0.29, 0.717) is 16.7 Å². The highest BCUT2D eigenvalue weighted by atomic mass is 16.4. The number of benzene rings is 3. The molecule has 0 saturated heterocycles. The molecule has 4 aromatic rings. The number of rotatable bonds is 4. The van der Waals surface area contributed by atoms with Crippen LogP contribution in [0.15, 0.2) is 82.0 Å². The molecule has 0 saturated carbocycles. The van der Waals surface area contributed by atoms with E-state index in [1.54, 1.807) is 42.5 Å². The quantitative estimate of drug-likeness (QED) is 0.350. The van der Waals surface area contributed by atoms with Crippen LogP contribution in [0.5, 0.6) is 5.75 Å². The molecule has 0 aliphatic heterocycles. The molecule has 0 unspecified atom stereocenters. The van der Waals surface area contributed by atoms with Crippen molar-refractivity contribution in [1.29, 1.82) is 0 Å². The highest BCUT2D eigenvalue weighted by molar-refractivity contribution is 6.05. The smallest absolute Gasteiger partial charge is 0.344 e. The average molecular weight is 401 g/mol. The van der Waals surface area contributed by atoms with E-state index in [1.165, 1.54) is 12.1 Å². The number of carboxylic acid groups (broad SMARTS) is 1. The second kappa shape index (κ2) is 7.56. The molecule has 0 aliphatic rings. The summed E-state index contributed by atoms with van der Waals surface area (Å²) in [5.74, 6) is -2.21. The Kier molecular flexibility index (Phi) is 4.77. The minimum Gasteiger partial charge on any atom is -0.507 e. The van der Waals surface area contributed by atoms with Crippen LogP contribution in [0.25, 0.3) is 22.1 Å². The van der Waals surface area contributed by atoms with E-state index in [4.69, 9.17) is 9.52 Å². The van der Waals surface area contributed by atoms with Gasteiger partial charge in [-0.2, -0.15) is 0 Å². The van der Waals surface area contributed by atoms with Gasteiger partial charge in [-0.3, -0.25) is 4.79 Å². The van der Waals surface area contributed by atoms with Crippen LogP contribution >= 0.6 is 0 Å². The largest absolute Gasteiger partial charge is 0.507 e. The fourth-order valence-corrected chi connectivity index (χ4v) is 3.08. The van der Waals surface area contributed by atoms with Gasteiger partial charge in [-0.15, -0.1) is 0 Å². The zero-order valence-electron chi connectivity index (χ0n) is 15.5. The summed E-state index contributed by atoms with van der Waals surface area (Å²) < 4.78 is 5.35. The lowest BCUT2D eigenvalue weighted by atomic mass is 10.0. The standard InChI is InChI=1S/C23H15NO6/c25-19-9-8-16(12-18(19)22(27)28)24-21(26)15-6-3-5-13(10-15)17-11-14-4-1-2-7-20(14)30-23(17)29/h1-12,25H,(H,24,26)(H,27,28). The van der Waals surface area contributed by atoms with Crippen LogP contribution in [0.4, 0.5) is 5.69 Å². The lowest BCUT2D eigenvalue weighted by Crippen LogP contribution is -2.13. The number of carboxylic acids is 1. The number of para-hydroxylation sites is 1. The zero-order chi connectivity index (χ0) is 21.3. The maximum Gasteiger partial charge on any atom is 0.344 e. The van der Waals surface area contributed by atoms with Crippen molar-refractivity contribution in [2.45, 2.75) is 0 Å². The molecule has 3 N–H and O–H groups in total. The number of amides is 1. The Morgan fingerprint density at radius 2 is 1.70 bits per heavy atom. The molecule has 4 rings (SSSR count). The van der Waals surface area contributed by atoms with Crippen LogP contribution in [0.1, 0.15) is 20.7 Å². The third kappa shape index (κ3) is 3.64. The predicted molar refractivity (Wildman–Crippen MR) is 111 cm³/mol. The van der Waals surface area contributed by atoms with Gasteiger partial charge in [0.05, 0.1) is 5.56 Å². The van der Waals surface area contributed by atoms with Crippen molar-refractivity contribution in [1.82, 2.24) is 0 Å². The molecule has 0 fully saturated rings. The molecule has 0 spiro atoms. The van der Waals surface area contributed by atoms with E-state index in [2.05, 4.69) is 5.32 Å². The molecule has 0 atom stereocenters. The van der Waals surface area contributed by atoms with Crippen molar-refractivity contribution in [3.05, 3.63) is 94.3 Å². The van der Waals surface area contributed by atoms with Crippen LogP contribution in [0.3, 0.4) is 0 Å². The van der Waals surface area contributed by atoms with Gasteiger partial charge in [0.15, 0.2) is 0 Å². The Hall–Kier alpha value is -4.39. The molecule has 1 heterocycles. The normalized spacial score (nSPS) is 10.7. The Morgan fingerprint density at radius 3 is 2.50 bits per heavy atom. The molecule has 0 bridgehead atoms. The first-order valence-corrected chi connectivity index (χ1v) is 8.93. The summed E-state index contributed by atoms with van der Waals surface area (Å²) in [6.45, 7) is 0. The molecule has 3 aromatic carbocycles. The summed E-state index contributed by atoms with van der Waals surface area (Å²) in [7, 11) is 0. The second-order valence-corrected chi connectivity index (χ2v) is 6.56. The molecular formula is C23H15NO6. The minimum atomic E-state index is -1.31. The number of anilines is 1. The maximum absolute atomic E-state index is 12.6.